The summed E-state index contributed by atoms with van der Waals surface area (Å²) < 4.78 is 5.67. The van der Waals surface area contributed by atoms with E-state index >= 15 is 0 Å². The first-order chi connectivity index (χ1) is 19.9. The summed E-state index contributed by atoms with van der Waals surface area (Å²) in [7, 11) is 2.20. The van der Waals surface area contributed by atoms with Crippen LogP contribution in [0.15, 0.2) is 0 Å². The van der Waals surface area contributed by atoms with Gasteiger partial charge in [-0.15, -0.1) is 0 Å². The molecule has 0 aromatic heterocycles. The van der Waals surface area contributed by atoms with Gasteiger partial charge < -0.3 is 19.8 Å². The Morgan fingerprint density at radius 2 is 1.12 bits per heavy atom. The fourth-order valence-corrected chi connectivity index (χ4v) is 5.75. The Kier molecular flexibility index (Phi) is 29.5. The normalized spacial score (nSPS) is 13.0. The van der Waals surface area contributed by atoms with Crippen molar-refractivity contribution in [2.45, 2.75) is 180 Å². The van der Waals surface area contributed by atoms with Gasteiger partial charge in [0, 0.05) is 32.0 Å². The third-order valence-corrected chi connectivity index (χ3v) is 8.55. The Hall–Kier alpha value is -1.14. The van der Waals surface area contributed by atoms with Crippen molar-refractivity contribution in [3.05, 3.63) is 0 Å². The zero-order chi connectivity index (χ0) is 30.4. The Labute approximate surface area is 254 Å². The number of carbonyl (C=O) groups is 2. The molecule has 0 radical (unpaired) electrons. The number of nitrogens with zero attached hydrogens (tertiary/aromatic N) is 1. The maximum Gasteiger partial charge on any atom is 0.305 e. The lowest BCUT2D eigenvalue weighted by molar-refractivity contribution is -0.145. The van der Waals surface area contributed by atoms with Crippen molar-refractivity contribution in [3.63, 3.8) is 0 Å². The minimum absolute atomic E-state index is 0.00549. The van der Waals surface area contributed by atoms with Crippen LogP contribution < -0.4 is 0 Å². The maximum atomic E-state index is 12.3. The summed E-state index contributed by atoms with van der Waals surface area (Å²) in [5.74, 6) is -0.153. The van der Waals surface area contributed by atoms with E-state index in [1.165, 1.54) is 109 Å². The molecule has 0 heterocycles. The highest BCUT2D eigenvalue weighted by Crippen LogP contribution is 2.20. The quantitative estimate of drug-likeness (QED) is 0.0606. The zero-order valence-corrected chi connectivity index (χ0v) is 27.5. The molecule has 0 bridgehead atoms. The Morgan fingerprint density at radius 1 is 0.634 bits per heavy atom. The molecule has 0 aliphatic rings. The predicted octanol–water partition coefficient (Wildman–Crippen LogP) is 9.32. The fourth-order valence-electron chi connectivity index (χ4n) is 5.75. The van der Waals surface area contributed by atoms with E-state index in [4.69, 9.17) is 9.84 Å². The largest absolute Gasteiger partial charge is 0.481 e. The number of carbonyl (C=O) groups excluding carboxylic acids is 1. The molecule has 0 rings (SSSR count). The number of ether oxygens (including phenoxy) is 1. The number of aliphatic hydroxyl groups excluding tert-OH is 1. The maximum absolute atomic E-state index is 12.3. The van der Waals surface area contributed by atoms with E-state index in [0.29, 0.717) is 31.4 Å². The van der Waals surface area contributed by atoms with E-state index in [1.807, 2.05) is 0 Å². The van der Waals surface area contributed by atoms with Crippen LogP contribution >= 0.6 is 0 Å². The van der Waals surface area contributed by atoms with E-state index in [0.717, 1.165) is 45.1 Å². The predicted molar refractivity (Wildman–Crippen MR) is 172 cm³/mol. The highest BCUT2D eigenvalue weighted by atomic mass is 16.5. The number of rotatable bonds is 32. The van der Waals surface area contributed by atoms with Gasteiger partial charge in [-0.3, -0.25) is 9.59 Å². The molecule has 244 valence electrons. The summed E-state index contributed by atoms with van der Waals surface area (Å²) in [4.78, 5) is 25.3. The monoisotopic (exact) mass is 584 g/mol. The first-order valence-corrected chi connectivity index (χ1v) is 17.6. The average molecular weight is 584 g/mol. The molecule has 0 saturated carbocycles. The number of carboxylic acid groups (broad SMARTS) is 1. The number of aliphatic carboxylic acids is 1. The minimum Gasteiger partial charge on any atom is -0.481 e. The fraction of sp³-hybridized carbons (Fsp3) is 0.943. The third kappa shape index (κ3) is 27.4. The molecule has 0 aliphatic heterocycles. The van der Waals surface area contributed by atoms with Gasteiger partial charge >= 0.3 is 11.9 Å². The molecule has 2 atom stereocenters. The number of hydrogen-bond acceptors (Lipinski definition) is 5. The van der Waals surface area contributed by atoms with Crippen LogP contribution in [0, 0.1) is 5.92 Å². The van der Waals surface area contributed by atoms with E-state index in [9.17, 15) is 14.7 Å². The van der Waals surface area contributed by atoms with Crippen LogP contribution in [-0.4, -0.2) is 59.9 Å². The average Bonchev–Trinajstić information content (AvgIpc) is 2.96. The number of unbranched alkanes of at least 4 members (excludes halogenated alkanes) is 14. The Morgan fingerprint density at radius 3 is 1.68 bits per heavy atom. The van der Waals surface area contributed by atoms with Gasteiger partial charge in [-0.05, 0) is 57.9 Å². The van der Waals surface area contributed by atoms with Crippen molar-refractivity contribution < 1.29 is 24.5 Å². The summed E-state index contributed by atoms with van der Waals surface area (Å²) in [6.07, 6.45) is 27.6. The van der Waals surface area contributed by atoms with Crippen molar-refractivity contribution in [1.82, 2.24) is 4.90 Å². The van der Waals surface area contributed by atoms with Gasteiger partial charge in [0.05, 0.1) is 6.61 Å². The highest BCUT2D eigenvalue weighted by molar-refractivity contribution is 5.69. The molecule has 2 N–H and O–H groups in total. The van der Waals surface area contributed by atoms with Crippen molar-refractivity contribution in [2.75, 3.05) is 26.8 Å². The minimum atomic E-state index is -0.687. The van der Waals surface area contributed by atoms with Gasteiger partial charge in [0.2, 0.25) is 0 Å². The van der Waals surface area contributed by atoms with E-state index in [1.54, 1.807) is 0 Å². The van der Waals surface area contributed by atoms with Crippen LogP contribution in [-0.2, 0) is 14.3 Å². The van der Waals surface area contributed by atoms with Crippen LogP contribution in [0.1, 0.15) is 174 Å². The molecular weight excluding hydrogens is 514 g/mol. The molecule has 2 unspecified atom stereocenters. The second-order valence-corrected chi connectivity index (χ2v) is 12.5. The lowest BCUT2D eigenvalue weighted by atomic mass is 9.96. The van der Waals surface area contributed by atoms with Crippen molar-refractivity contribution in [3.8, 4) is 0 Å². The van der Waals surface area contributed by atoms with Gasteiger partial charge in [-0.2, -0.15) is 0 Å². The first kappa shape index (κ1) is 39.9. The van der Waals surface area contributed by atoms with Crippen LogP contribution in [0.25, 0.3) is 0 Å². The molecule has 0 saturated heterocycles. The molecule has 0 amide bonds. The molecule has 0 aromatic carbocycles. The van der Waals surface area contributed by atoms with E-state index in [-0.39, 0.29) is 12.6 Å². The number of hydrogen-bond donors (Lipinski definition) is 2. The van der Waals surface area contributed by atoms with Crippen molar-refractivity contribution in [2.24, 2.45) is 5.92 Å². The molecule has 6 heteroatoms. The van der Waals surface area contributed by atoms with Crippen molar-refractivity contribution in [1.29, 1.82) is 0 Å². The van der Waals surface area contributed by atoms with E-state index in [2.05, 4.69) is 25.8 Å². The molecule has 6 nitrogen and oxygen atoms in total. The second kappa shape index (κ2) is 30.3. The lowest BCUT2D eigenvalue weighted by Crippen LogP contribution is -2.33. The third-order valence-electron chi connectivity index (χ3n) is 8.55. The summed E-state index contributed by atoms with van der Waals surface area (Å²) >= 11 is 0. The molecule has 0 fully saturated rings. The van der Waals surface area contributed by atoms with Crippen LogP contribution in [0.5, 0.6) is 0 Å². The second-order valence-electron chi connectivity index (χ2n) is 12.5. The van der Waals surface area contributed by atoms with Gasteiger partial charge in [0.1, 0.15) is 0 Å². The number of aliphatic hydroxyl groups is 1. The van der Waals surface area contributed by atoms with Crippen LogP contribution in [0.2, 0.25) is 0 Å². The number of carboxylic acids is 1. The van der Waals surface area contributed by atoms with Crippen LogP contribution in [0.4, 0.5) is 0 Å². The van der Waals surface area contributed by atoms with Gasteiger partial charge in [0.25, 0.3) is 0 Å². The molecule has 0 aromatic rings. The first-order valence-electron chi connectivity index (χ1n) is 17.6. The SMILES string of the molecule is CCCCCCC(CCCC)COC(=O)CCCCCCCCC(CCCCCCCCC(=O)O)N(C)CCCO. The summed E-state index contributed by atoms with van der Waals surface area (Å²) in [6.45, 7) is 6.29. The molecular formula is C35H69NO5. The summed E-state index contributed by atoms with van der Waals surface area (Å²) in [6, 6.07) is 0.580. The summed E-state index contributed by atoms with van der Waals surface area (Å²) in [5, 5.41) is 18.0. The molecule has 41 heavy (non-hydrogen) atoms. The zero-order valence-electron chi connectivity index (χ0n) is 27.5. The Balaban J connectivity index is 4.02. The summed E-state index contributed by atoms with van der Waals surface area (Å²) in [5.41, 5.74) is 0. The highest BCUT2D eigenvalue weighted by Gasteiger charge is 2.14. The van der Waals surface area contributed by atoms with Crippen molar-refractivity contribution >= 4 is 11.9 Å². The molecule has 0 aliphatic carbocycles. The topological polar surface area (TPSA) is 87.1 Å². The van der Waals surface area contributed by atoms with Gasteiger partial charge in [0.15, 0.2) is 0 Å². The smallest absolute Gasteiger partial charge is 0.305 e. The standard InChI is InChI=1S/C35H69NO5/c1-4-6-8-17-24-32(23-7-5-2)31-41-35(40)28-21-16-12-10-14-19-26-33(36(3)29-22-30-37)25-18-13-9-11-15-20-27-34(38)39/h32-33,37H,4-31H2,1-3H3,(H,38,39). The van der Waals surface area contributed by atoms with E-state index < -0.39 is 5.97 Å². The molecule has 0 spiro atoms. The lowest BCUT2D eigenvalue weighted by Gasteiger charge is -2.28. The van der Waals surface area contributed by atoms with Gasteiger partial charge in [-0.1, -0.05) is 117 Å². The number of esters is 1. The van der Waals surface area contributed by atoms with Crippen LogP contribution in [0.3, 0.4) is 0 Å². The van der Waals surface area contributed by atoms with Gasteiger partial charge in [-0.25, -0.2) is 0 Å². The Bertz CT molecular complexity index is 585.